The molecule has 0 fully saturated rings. The fraction of sp³-hybridized carbons (Fsp3) is 0.385. The Balaban J connectivity index is 2.05. The van der Waals surface area contributed by atoms with Gasteiger partial charge in [0, 0.05) is 23.8 Å². The van der Waals surface area contributed by atoms with Crippen LogP contribution in [0, 0.1) is 0 Å². The van der Waals surface area contributed by atoms with Gasteiger partial charge in [-0.25, -0.2) is 4.98 Å². The maximum atomic E-state index is 6.33. The highest BCUT2D eigenvalue weighted by molar-refractivity contribution is 6.31. The Morgan fingerprint density at radius 3 is 3.00 bits per heavy atom. The molecule has 0 bridgehead atoms. The molecule has 0 saturated heterocycles. The largest absolute Gasteiger partial charge is 0.472 e. The topological polar surface area (TPSA) is 35.0 Å². The van der Waals surface area contributed by atoms with Crippen LogP contribution in [0.3, 0.4) is 0 Å². The van der Waals surface area contributed by atoms with E-state index in [-0.39, 0.29) is 5.38 Å². The summed E-state index contributed by atoms with van der Waals surface area (Å²) in [4.78, 5) is 7.99. The molecule has 0 aliphatic heterocycles. The molecular weight excluding hydrogens is 271 g/mol. The zero-order valence-corrected chi connectivity index (χ0v) is 11.4. The van der Waals surface area contributed by atoms with Gasteiger partial charge in [0.1, 0.15) is 6.61 Å². The third-order valence-corrected chi connectivity index (χ3v) is 3.57. The van der Waals surface area contributed by atoms with Crippen molar-refractivity contribution >= 4 is 23.2 Å². The zero-order valence-electron chi connectivity index (χ0n) is 9.85. The number of allylic oxidation sites excluding steroid dienone is 3. The first-order chi connectivity index (χ1) is 8.77. The van der Waals surface area contributed by atoms with Gasteiger partial charge >= 0.3 is 0 Å². The van der Waals surface area contributed by atoms with E-state index in [1.54, 1.807) is 18.6 Å². The molecule has 1 aromatic rings. The quantitative estimate of drug-likeness (QED) is 0.627. The lowest BCUT2D eigenvalue weighted by atomic mass is 10.0. The Morgan fingerprint density at radius 1 is 1.33 bits per heavy atom. The van der Waals surface area contributed by atoms with Gasteiger partial charge in [0.2, 0.25) is 5.88 Å². The van der Waals surface area contributed by atoms with E-state index in [1.807, 2.05) is 0 Å². The normalized spacial score (nSPS) is 26.2. The second-order valence-corrected chi connectivity index (χ2v) is 4.97. The molecule has 5 heteroatoms. The molecule has 2 rings (SSSR count). The summed E-state index contributed by atoms with van der Waals surface area (Å²) in [5, 5.41) is 0.675. The first kappa shape index (κ1) is 13.4. The molecule has 0 amide bonds. The maximum absolute atomic E-state index is 6.33. The molecule has 1 aliphatic carbocycles. The molecule has 1 aliphatic rings. The van der Waals surface area contributed by atoms with Crippen molar-refractivity contribution in [3.8, 4) is 5.88 Å². The molecule has 3 nitrogen and oxygen atoms in total. The highest BCUT2D eigenvalue weighted by atomic mass is 35.5. The van der Waals surface area contributed by atoms with Crippen molar-refractivity contribution in [2.45, 2.75) is 24.6 Å². The summed E-state index contributed by atoms with van der Waals surface area (Å²) in [7, 11) is 0. The van der Waals surface area contributed by atoms with E-state index in [9.17, 15) is 0 Å². The van der Waals surface area contributed by atoms with Crippen LogP contribution in [0.1, 0.15) is 19.3 Å². The lowest BCUT2D eigenvalue weighted by molar-refractivity contribution is 0.331. The van der Waals surface area contributed by atoms with Crippen LogP contribution in [0.5, 0.6) is 5.88 Å². The number of nitrogens with zero attached hydrogens (tertiary/aromatic N) is 2. The van der Waals surface area contributed by atoms with Gasteiger partial charge in [0.25, 0.3) is 0 Å². The van der Waals surface area contributed by atoms with Gasteiger partial charge < -0.3 is 4.74 Å². The summed E-state index contributed by atoms with van der Waals surface area (Å²) < 4.78 is 5.56. The number of halogens is 2. The molecule has 1 heterocycles. The molecule has 0 aromatic carbocycles. The molecule has 1 unspecified atom stereocenters. The van der Waals surface area contributed by atoms with Gasteiger partial charge in [-0.15, -0.1) is 11.6 Å². The molecule has 0 N–H and O–H groups in total. The van der Waals surface area contributed by atoms with E-state index in [0.717, 1.165) is 23.4 Å². The Hall–Kier alpha value is -1.06. The Morgan fingerprint density at radius 2 is 2.22 bits per heavy atom. The van der Waals surface area contributed by atoms with Gasteiger partial charge in [0.15, 0.2) is 0 Å². The summed E-state index contributed by atoms with van der Waals surface area (Å²) in [5.74, 6) is 0.482. The second kappa shape index (κ2) is 6.76. The third-order valence-electron chi connectivity index (χ3n) is 2.69. The van der Waals surface area contributed by atoms with Crippen molar-refractivity contribution in [1.29, 1.82) is 0 Å². The zero-order chi connectivity index (χ0) is 12.8. The average molecular weight is 285 g/mol. The monoisotopic (exact) mass is 284 g/mol. The van der Waals surface area contributed by atoms with Gasteiger partial charge in [0.05, 0.1) is 11.6 Å². The minimum Gasteiger partial charge on any atom is -0.472 e. The highest BCUT2D eigenvalue weighted by Gasteiger charge is 2.17. The van der Waals surface area contributed by atoms with Crippen LogP contribution in [-0.2, 0) is 0 Å². The molecule has 0 radical (unpaired) electrons. The SMILES string of the molecule is Cl/C1=C(\COc2cnccn2)C(Cl)CC/C=C\C1. The summed E-state index contributed by atoms with van der Waals surface area (Å²) in [6.45, 7) is 0.361. The number of alkyl halides is 1. The van der Waals surface area contributed by atoms with Gasteiger partial charge in [-0.3, -0.25) is 4.98 Å². The van der Waals surface area contributed by atoms with Gasteiger partial charge in [-0.2, -0.15) is 0 Å². The molecular formula is C13H14Cl2N2O. The number of rotatable bonds is 3. The van der Waals surface area contributed by atoms with Gasteiger partial charge in [-0.1, -0.05) is 23.8 Å². The first-order valence-electron chi connectivity index (χ1n) is 5.82. The fourth-order valence-corrected chi connectivity index (χ4v) is 2.35. The van der Waals surface area contributed by atoms with Crippen LogP contribution in [0.2, 0.25) is 0 Å². The summed E-state index contributed by atoms with van der Waals surface area (Å²) in [5.41, 5.74) is 0.938. The van der Waals surface area contributed by atoms with E-state index >= 15 is 0 Å². The van der Waals surface area contributed by atoms with Crippen LogP contribution in [0.25, 0.3) is 0 Å². The Kier molecular flexibility index (Phi) is 5.02. The van der Waals surface area contributed by atoms with Crippen LogP contribution in [0.15, 0.2) is 41.3 Å². The minimum absolute atomic E-state index is 0.0841. The molecule has 1 aromatic heterocycles. The van der Waals surface area contributed by atoms with Gasteiger partial charge in [-0.05, 0) is 18.4 Å². The Labute approximate surface area is 116 Å². The molecule has 96 valence electrons. The smallest absolute Gasteiger partial charge is 0.232 e. The Bertz CT molecular complexity index is 446. The number of hydrogen-bond acceptors (Lipinski definition) is 3. The number of ether oxygens (including phenoxy) is 1. The van der Waals surface area contributed by atoms with Crippen molar-refractivity contribution in [2.24, 2.45) is 0 Å². The van der Waals surface area contributed by atoms with E-state index in [1.165, 1.54) is 0 Å². The van der Waals surface area contributed by atoms with Crippen molar-refractivity contribution in [3.05, 3.63) is 41.3 Å². The summed E-state index contributed by atoms with van der Waals surface area (Å²) >= 11 is 12.6. The predicted molar refractivity (Wildman–Crippen MR) is 73.0 cm³/mol. The van der Waals surface area contributed by atoms with E-state index < -0.39 is 0 Å². The molecule has 0 saturated carbocycles. The lowest BCUT2D eigenvalue weighted by Gasteiger charge is -2.17. The first-order valence-corrected chi connectivity index (χ1v) is 6.64. The van der Waals surface area contributed by atoms with E-state index in [2.05, 4.69) is 22.1 Å². The maximum Gasteiger partial charge on any atom is 0.232 e. The summed E-state index contributed by atoms with van der Waals surface area (Å²) in [6, 6.07) is 0. The fourth-order valence-electron chi connectivity index (χ4n) is 1.70. The number of aromatic nitrogens is 2. The highest BCUT2D eigenvalue weighted by Crippen LogP contribution is 2.27. The molecule has 18 heavy (non-hydrogen) atoms. The molecule has 1 atom stereocenters. The molecule has 0 spiro atoms. The predicted octanol–water partition coefficient (Wildman–Crippen LogP) is 3.70. The van der Waals surface area contributed by atoms with E-state index in [0.29, 0.717) is 18.9 Å². The van der Waals surface area contributed by atoms with Crippen molar-refractivity contribution < 1.29 is 4.74 Å². The van der Waals surface area contributed by atoms with Crippen LogP contribution in [0.4, 0.5) is 0 Å². The minimum atomic E-state index is -0.0841. The van der Waals surface area contributed by atoms with Crippen molar-refractivity contribution in [2.75, 3.05) is 6.61 Å². The standard InChI is InChI=1S/C13H14Cl2N2O/c14-11-4-2-1-3-5-12(15)10(11)9-18-13-8-16-6-7-17-13/h1-2,6-8,12H,3-5,9H2/b2-1-,11-10+. The average Bonchev–Trinajstić information content (AvgIpc) is 2.38. The summed E-state index contributed by atoms with van der Waals surface area (Å²) in [6.07, 6.45) is 11.5. The van der Waals surface area contributed by atoms with Crippen molar-refractivity contribution in [3.63, 3.8) is 0 Å². The third kappa shape index (κ3) is 3.72. The lowest BCUT2D eigenvalue weighted by Crippen LogP contribution is -2.14. The number of hydrogen-bond donors (Lipinski definition) is 0. The van der Waals surface area contributed by atoms with Crippen LogP contribution >= 0.6 is 23.2 Å². The van der Waals surface area contributed by atoms with E-state index in [4.69, 9.17) is 27.9 Å². The van der Waals surface area contributed by atoms with Crippen molar-refractivity contribution in [1.82, 2.24) is 9.97 Å². The second-order valence-electron chi connectivity index (χ2n) is 3.98. The van der Waals surface area contributed by atoms with Crippen LogP contribution < -0.4 is 4.74 Å². The van der Waals surface area contributed by atoms with Crippen LogP contribution in [-0.4, -0.2) is 22.0 Å².